The highest BCUT2D eigenvalue weighted by molar-refractivity contribution is 5.75. The predicted molar refractivity (Wildman–Crippen MR) is 84.4 cm³/mol. The second-order valence-corrected chi connectivity index (χ2v) is 5.08. The molecule has 3 rings (SSSR count). The Kier molecular flexibility index (Phi) is 3.95. The molecule has 1 aromatic carbocycles. The normalized spacial score (nSPS) is 10.4. The largest absolute Gasteiger partial charge is 0.352 e. The van der Waals surface area contributed by atoms with Gasteiger partial charge in [-0.05, 0) is 41.2 Å². The van der Waals surface area contributed by atoms with E-state index in [1.165, 1.54) is 5.56 Å². The summed E-state index contributed by atoms with van der Waals surface area (Å²) >= 11 is 0. The van der Waals surface area contributed by atoms with Crippen LogP contribution in [0.25, 0.3) is 16.9 Å². The number of pyridine rings is 1. The zero-order valence-corrected chi connectivity index (χ0v) is 12.6. The van der Waals surface area contributed by atoms with Crippen molar-refractivity contribution in [2.45, 2.75) is 19.3 Å². The number of hydrogen-bond acceptors (Lipinski definition) is 4. The molecule has 0 N–H and O–H groups in total. The van der Waals surface area contributed by atoms with Crippen molar-refractivity contribution in [3.8, 4) is 18.0 Å². The molecule has 0 aliphatic heterocycles. The third kappa shape index (κ3) is 2.73. The van der Waals surface area contributed by atoms with E-state index in [0.717, 1.165) is 11.9 Å². The molecule has 0 amide bonds. The SMILES string of the molecule is CCc1cc[n+](-c2nc3ccccc3nc2C(C#N)C#N)cc1. The van der Waals surface area contributed by atoms with E-state index in [1.807, 2.05) is 60.9 Å². The minimum atomic E-state index is -0.958. The van der Waals surface area contributed by atoms with Crippen LogP contribution in [0.2, 0.25) is 0 Å². The molecular formula is C18H14N5+. The molecule has 2 aromatic heterocycles. The van der Waals surface area contributed by atoms with Crippen molar-refractivity contribution >= 4 is 11.0 Å². The first-order valence-corrected chi connectivity index (χ1v) is 7.33. The fourth-order valence-electron chi connectivity index (χ4n) is 2.37. The van der Waals surface area contributed by atoms with E-state index in [1.54, 1.807) is 4.57 Å². The van der Waals surface area contributed by atoms with Crippen molar-refractivity contribution in [3.63, 3.8) is 0 Å². The fourth-order valence-corrected chi connectivity index (χ4v) is 2.37. The van der Waals surface area contributed by atoms with E-state index in [2.05, 4.69) is 16.9 Å². The minimum Gasteiger partial charge on any atom is -0.237 e. The summed E-state index contributed by atoms with van der Waals surface area (Å²) in [6, 6.07) is 15.4. The Morgan fingerprint density at radius 2 is 1.61 bits per heavy atom. The predicted octanol–water partition coefficient (Wildman–Crippen LogP) is 2.60. The third-order valence-electron chi connectivity index (χ3n) is 3.66. The van der Waals surface area contributed by atoms with Gasteiger partial charge in [-0.3, -0.25) is 0 Å². The summed E-state index contributed by atoms with van der Waals surface area (Å²) in [6.07, 6.45) is 4.70. The molecule has 0 aliphatic carbocycles. The van der Waals surface area contributed by atoms with E-state index in [9.17, 15) is 10.5 Å². The van der Waals surface area contributed by atoms with E-state index < -0.39 is 5.92 Å². The molecule has 0 fully saturated rings. The van der Waals surface area contributed by atoms with Crippen LogP contribution in [-0.2, 0) is 6.42 Å². The van der Waals surface area contributed by atoms with Crippen LogP contribution in [0.15, 0.2) is 48.8 Å². The molecular weight excluding hydrogens is 286 g/mol. The second kappa shape index (κ2) is 6.21. The summed E-state index contributed by atoms with van der Waals surface area (Å²) in [5, 5.41) is 18.5. The lowest BCUT2D eigenvalue weighted by Gasteiger charge is -2.05. The number of benzene rings is 1. The Labute approximate surface area is 134 Å². The van der Waals surface area contributed by atoms with Gasteiger partial charge in [0.2, 0.25) is 5.52 Å². The first-order valence-electron chi connectivity index (χ1n) is 7.33. The quantitative estimate of drug-likeness (QED) is 0.697. The molecule has 2 heterocycles. The van der Waals surface area contributed by atoms with Gasteiger partial charge in [-0.15, -0.1) is 0 Å². The van der Waals surface area contributed by atoms with E-state index in [-0.39, 0.29) is 0 Å². The molecule has 5 nitrogen and oxygen atoms in total. The average molecular weight is 300 g/mol. The fraction of sp³-hybridized carbons (Fsp3) is 0.167. The number of nitrogens with zero attached hydrogens (tertiary/aromatic N) is 5. The van der Waals surface area contributed by atoms with Gasteiger partial charge in [-0.2, -0.15) is 10.5 Å². The molecule has 23 heavy (non-hydrogen) atoms. The van der Waals surface area contributed by atoms with Gasteiger partial charge in [-0.25, -0.2) is 9.55 Å². The summed E-state index contributed by atoms with van der Waals surface area (Å²) < 4.78 is 1.80. The Morgan fingerprint density at radius 1 is 1.00 bits per heavy atom. The Morgan fingerprint density at radius 3 is 2.17 bits per heavy atom. The number of para-hydroxylation sites is 2. The molecule has 5 heteroatoms. The molecule has 0 aliphatic rings. The molecule has 0 saturated heterocycles. The maximum absolute atomic E-state index is 9.26. The minimum absolute atomic E-state index is 0.378. The number of aryl methyl sites for hydroxylation is 1. The maximum atomic E-state index is 9.26. The zero-order valence-electron chi connectivity index (χ0n) is 12.6. The van der Waals surface area contributed by atoms with Gasteiger partial charge in [-0.1, -0.05) is 19.1 Å². The first kappa shape index (κ1) is 14.6. The lowest BCUT2D eigenvalue weighted by atomic mass is 10.1. The van der Waals surface area contributed by atoms with Crippen LogP contribution in [0.4, 0.5) is 0 Å². The lowest BCUT2D eigenvalue weighted by molar-refractivity contribution is -0.600. The molecule has 0 spiro atoms. The monoisotopic (exact) mass is 300 g/mol. The number of fused-ring (bicyclic) bond motifs is 1. The van der Waals surface area contributed by atoms with Gasteiger partial charge in [0, 0.05) is 0 Å². The molecule has 0 unspecified atom stereocenters. The number of nitriles is 2. The maximum Gasteiger partial charge on any atom is 0.352 e. The van der Waals surface area contributed by atoms with Gasteiger partial charge < -0.3 is 0 Å². The van der Waals surface area contributed by atoms with Crippen molar-refractivity contribution in [3.05, 3.63) is 60.0 Å². The standard InChI is InChI=1S/C18H14N5/c1-2-13-7-9-23(10-8-13)18-17(14(11-19)12-20)21-15-5-3-4-6-16(15)22-18/h3-10,14H,2H2,1H3/q+1. The summed E-state index contributed by atoms with van der Waals surface area (Å²) in [5.74, 6) is -0.445. The average Bonchev–Trinajstić information content (AvgIpc) is 2.62. The van der Waals surface area contributed by atoms with E-state index in [4.69, 9.17) is 0 Å². The van der Waals surface area contributed by atoms with Gasteiger partial charge in [0.25, 0.3) is 0 Å². The van der Waals surface area contributed by atoms with Crippen molar-refractivity contribution in [1.82, 2.24) is 9.97 Å². The van der Waals surface area contributed by atoms with Crippen LogP contribution < -0.4 is 4.57 Å². The number of rotatable bonds is 3. The topological polar surface area (TPSA) is 77.2 Å². The highest BCUT2D eigenvalue weighted by Gasteiger charge is 2.26. The lowest BCUT2D eigenvalue weighted by Crippen LogP contribution is -2.33. The van der Waals surface area contributed by atoms with Crippen molar-refractivity contribution < 1.29 is 4.57 Å². The van der Waals surface area contributed by atoms with Gasteiger partial charge in [0.05, 0.1) is 24.5 Å². The molecule has 0 atom stereocenters. The van der Waals surface area contributed by atoms with Crippen LogP contribution in [0, 0.1) is 22.7 Å². The van der Waals surface area contributed by atoms with Crippen molar-refractivity contribution in [1.29, 1.82) is 10.5 Å². The van der Waals surface area contributed by atoms with Crippen LogP contribution in [0.5, 0.6) is 0 Å². The van der Waals surface area contributed by atoms with Gasteiger partial charge >= 0.3 is 5.82 Å². The van der Waals surface area contributed by atoms with Crippen LogP contribution in [0.3, 0.4) is 0 Å². The Bertz CT molecular complexity index is 918. The third-order valence-corrected chi connectivity index (χ3v) is 3.66. The van der Waals surface area contributed by atoms with Crippen LogP contribution in [0.1, 0.15) is 24.1 Å². The van der Waals surface area contributed by atoms with E-state index >= 15 is 0 Å². The second-order valence-electron chi connectivity index (χ2n) is 5.08. The van der Waals surface area contributed by atoms with Crippen LogP contribution in [-0.4, -0.2) is 9.97 Å². The number of aromatic nitrogens is 3. The summed E-state index contributed by atoms with van der Waals surface area (Å²) in [7, 11) is 0. The highest BCUT2D eigenvalue weighted by Crippen LogP contribution is 2.19. The van der Waals surface area contributed by atoms with E-state index in [0.29, 0.717) is 17.0 Å². The van der Waals surface area contributed by atoms with Crippen LogP contribution >= 0.6 is 0 Å². The molecule has 3 aromatic rings. The molecule has 110 valence electrons. The molecule has 0 saturated carbocycles. The molecule has 0 bridgehead atoms. The Hall–Kier alpha value is -3.31. The van der Waals surface area contributed by atoms with Gasteiger partial charge in [0.15, 0.2) is 11.6 Å². The zero-order chi connectivity index (χ0) is 16.2. The number of hydrogen-bond donors (Lipinski definition) is 0. The summed E-state index contributed by atoms with van der Waals surface area (Å²) in [6.45, 7) is 2.09. The smallest absolute Gasteiger partial charge is 0.237 e. The van der Waals surface area contributed by atoms with Gasteiger partial charge in [0.1, 0.15) is 5.52 Å². The highest BCUT2D eigenvalue weighted by atomic mass is 15.1. The Balaban J connectivity index is 2.25. The summed E-state index contributed by atoms with van der Waals surface area (Å²) in [5.41, 5.74) is 2.98. The van der Waals surface area contributed by atoms with Crippen molar-refractivity contribution in [2.75, 3.05) is 0 Å². The summed E-state index contributed by atoms with van der Waals surface area (Å²) in [4.78, 5) is 9.12. The molecule has 0 radical (unpaired) electrons. The first-order chi connectivity index (χ1) is 11.3. The van der Waals surface area contributed by atoms with Crippen molar-refractivity contribution in [2.24, 2.45) is 0 Å².